The van der Waals surface area contributed by atoms with Crippen molar-refractivity contribution in [3.8, 4) is 0 Å². The van der Waals surface area contributed by atoms with Crippen molar-refractivity contribution in [3.63, 3.8) is 0 Å². The van der Waals surface area contributed by atoms with Gasteiger partial charge < -0.3 is 15.3 Å². The summed E-state index contributed by atoms with van der Waals surface area (Å²) < 4.78 is 0. The third-order valence-electron chi connectivity index (χ3n) is 8.01. The monoisotopic (exact) mass is 404 g/mol. The lowest BCUT2D eigenvalue weighted by molar-refractivity contribution is -0.168. The molecule has 0 aromatic carbocycles. The van der Waals surface area contributed by atoms with Crippen molar-refractivity contribution in [2.45, 2.75) is 58.5 Å². The first kappa shape index (κ1) is 22.1. The molecule has 0 saturated heterocycles. The summed E-state index contributed by atoms with van der Waals surface area (Å²) in [5, 5.41) is 28.0. The summed E-state index contributed by atoms with van der Waals surface area (Å²) in [5.41, 5.74) is -1.86. The predicted octanol–water partition coefficient (Wildman–Crippen LogP) is 1.76. The van der Waals surface area contributed by atoms with Gasteiger partial charge in [0.05, 0.1) is 0 Å². The van der Waals surface area contributed by atoms with Gasteiger partial charge in [0, 0.05) is 29.8 Å². The number of hydrogen-bond donors (Lipinski definition) is 3. The number of fused-ring (bicyclic) bond motifs is 5. The number of Topliss-reactive ketones (excluding diaryl/α,β-unsaturated/α-hetero) is 2. The number of aliphatic hydroxyl groups excluding tert-OH is 2. The molecule has 0 amide bonds. The first-order chi connectivity index (χ1) is 13.6. The Hall–Kier alpha value is -1.63. The van der Waals surface area contributed by atoms with Crippen LogP contribution in [0.5, 0.6) is 0 Å². The van der Waals surface area contributed by atoms with Crippen LogP contribution in [-0.2, 0) is 14.4 Å². The minimum Gasteiger partial charge on any atom is -0.397 e. The van der Waals surface area contributed by atoms with Gasteiger partial charge in [-0.3, -0.25) is 14.4 Å². The van der Waals surface area contributed by atoms with E-state index in [0.29, 0.717) is 12.8 Å². The zero-order valence-corrected chi connectivity index (χ0v) is 17.5. The van der Waals surface area contributed by atoms with Gasteiger partial charge in [-0.05, 0) is 56.6 Å². The van der Waals surface area contributed by atoms with Crippen LogP contribution in [0.4, 0.5) is 0 Å². The minimum atomic E-state index is -1.62. The normalized spacial score (nSPS) is 42.8. The zero-order valence-electron chi connectivity index (χ0n) is 17.5. The molecule has 6 atom stereocenters. The van der Waals surface area contributed by atoms with Crippen LogP contribution in [0.15, 0.2) is 23.8 Å². The smallest absolute Gasteiger partial charge is 0.190 e. The molecule has 0 heterocycles. The number of hydrogen-bond acceptors (Lipinski definition) is 6. The molecule has 0 radical (unpaired) electrons. The summed E-state index contributed by atoms with van der Waals surface area (Å²) in [7, 11) is 0. The first-order valence-electron chi connectivity index (χ1n) is 10.5. The van der Waals surface area contributed by atoms with Crippen LogP contribution in [0.25, 0.3) is 0 Å². The molecule has 4 aliphatic rings. The molecular formula is C23H32O6. The summed E-state index contributed by atoms with van der Waals surface area (Å²) >= 11 is 0. The third-order valence-corrected chi connectivity index (χ3v) is 8.01. The molecule has 4 aliphatic carbocycles. The molecule has 3 fully saturated rings. The predicted molar refractivity (Wildman–Crippen MR) is 107 cm³/mol. The van der Waals surface area contributed by atoms with Gasteiger partial charge in [0.1, 0.15) is 18.0 Å². The van der Waals surface area contributed by atoms with E-state index in [9.17, 15) is 24.6 Å². The van der Waals surface area contributed by atoms with Crippen molar-refractivity contribution in [3.05, 3.63) is 23.8 Å². The van der Waals surface area contributed by atoms with Crippen LogP contribution in [-0.4, -0.2) is 51.5 Å². The van der Waals surface area contributed by atoms with Crippen molar-refractivity contribution in [1.29, 1.82) is 0 Å². The fourth-order valence-corrected chi connectivity index (χ4v) is 6.62. The van der Waals surface area contributed by atoms with Gasteiger partial charge in [0.25, 0.3) is 0 Å². The van der Waals surface area contributed by atoms with Gasteiger partial charge in [0.15, 0.2) is 11.6 Å². The zero-order chi connectivity index (χ0) is 21.6. The Labute approximate surface area is 171 Å². The van der Waals surface area contributed by atoms with Crippen molar-refractivity contribution >= 4 is 17.3 Å². The largest absolute Gasteiger partial charge is 0.397 e. The Morgan fingerprint density at radius 3 is 2.48 bits per heavy atom. The molecule has 0 spiro atoms. The van der Waals surface area contributed by atoms with Gasteiger partial charge in [-0.15, -0.1) is 0 Å². The fraction of sp³-hybridized carbons (Fsp3) is 0.696. The molecule has 0 bridgehead atoms. The minimum absolute atomic E-state index is 0.0206. The first-order valence-corrected chi connectivity index (χ1v) is 10.5. The average molecular weight is 405 g/mol. The fourth-order valence-electron chi connectivity index (χ4n) is 6.62. The quantitative estimate of drug-likeness (QED) is 0.647. The van der Waals surface area contributed by atoms with E-state index in [1.807, 2.05) is 19.9 Å². The lowest BCUT2D eigenvalue weighted by Crippen LogP contribution is -2.60. The van der Waals surface area contributed by atoms with Crippen molar-refractivity contribution < 1.29 is 29.7 Å². The second-order valence-electron chi connectivity index (χ2n) is 9.33. The molecule has 3 saturated carbocycles. The molecule has 6 heteroatoms. The summed E-state index contributed by atoms with van der Waals surface area (Å²) in [4.78, 5) is 37.4. The second kappa shape index (κ2) is 7.56. The van der Waals surface area contributed by atoms with Gasteiger partial charge in [-0.2, -0.15) is 0 Å². The van der Waals surface area contributed by atoms with E-state index in [4.69, 9.17) is 5.11 Å². The Bertz CT molecular complexity index is 782. The number of rotatable bonds is 2. The van der Waals surface area contributed by atoms with E-state index in [0.717, 1.165) is 18.4 Å². The molecular weight excluding hydrogens is 372 g/mol. The van der Waals surface area contributed by atoms with Gasteiger partial charge in [-0.1, -0.05) is 25.5 Å². The van der Waals surface area contributed by atoms with Crippen LogP contribution in [0.3, 0.4) is 0 Å². The van der Waals surface area contributed by atoms with Gasteiger partial charge in [-0.25, -0.2) is 0 Å². The molecule has 0 aliphatic heterocycles. The summed E-state index contributed by atoms with van der Waals surface area (Å²) in [6.45, 7) is 5.12. The number of aliphatic hydroxyl groups is 3. The highest BCUT2D eigenvalue weighted by molar-refractivity contribution is 6.02. The Morgan fingerprint density at radius 1 is 1.21 bits per heavy atom. The van der Waals surface area contributed by atoms with E-state index in [1.54, 1.807) is 19.1 Å². The molecule has 6 nitrogen and oxygen atoms in total. The summed E-state index contributed by atoms with van der Waals surface area (Å²) in [6, 6.07) is 0. The van der Waals surface area contributed by atoms with Crippen molar-refractivity contribution in [2.75, 3.05) is 13.2 Å². The van der Waals surface area contributed by atoms with Gasteiger partial charge >= 0.3 is 0 Å². The number of ketones is 3. The van der Waals surface area contributed by atoms with Crippen LogP contribution in [0.2, 0.25) is 0 Å². The number of carbonyl (C=O) groups excluding carboxylic acids is 3. The molecule has 0 aromatic heterocycles. The van der Waals surface area contributed by atoms with E-state index >= 15 is 0 Å². The summed E-state index contributed by atoms with van der Waals surface area (Å²) in [5.74, 6) is -0.590. The van der Waals surface area contributed by atoms with Gasteiger partial charge in [0.2, 0.25) is 0 Å². The molecule has 3 N–H and O–H groups in total. The maximum atomic E-state index is 13.3. The maximum Gasteiger partial charge on any atom is 0.190 e. The Kier molecular flexibility index (Phi) is 5.75. The van der Waals surface area contributed by atoms with Crippen LogP contribution >= 0.6 is 0 Å². The third kappa shape index (κ3) is 3.07. The van der Waals surface area contributed by atoms with Crippen LogP contribution < -0.4 is 0 Å². The molecule has 0 unspecified atom stereocenters. The summed E-state index contributed by atoms with van der Waals surface area (Å²) in [6.07, 6.45) is 7.82. The van der Waals surface area contributed by atoms with E-state index in [2.05, 4.69) is 0 Å². The SMILES string of the molecule is CCO.C[C@]12C=CC(=O)C=C1CC[C@@H]1[C@@H]2C(=O)C[C@@]2(C)[C@H]1CC[C@]2(O)C(=O)CO. The Morgan fingerprint density at radius 2 is 1.86 bits per heavy atom. The highest BCUT2D eigenvalue weighted by Crippen LogP contribution is 2.66. The molecule has 0 aromatic rings. The highest BCUT2D eigenvalue weighted by Gasteiger charge is 2.68. The van der Waals surface area contributed by atoms with Crippen LogP contribution in [0, 0.1) is 28.6 Å². The number of carbonyl (C=O) groups is 3. The standard InChI is InChI=1S/C21H26O5.C2H6O/c1-19-7-5-13(23)9-12(19)3-4-14-15-6-8-21(26,17(25)11-22)20(15,2)10-16(24)18(14)19;1-2-3/h5,7,9,14-15,18,22,26H,3-4,6,8,10-11H2,1-2H3;3H,2H2,1H3/t14-,15-,18+,19-,20-,21-;/m0./s1. The molecule has 160 valence electrons. The van der Waals surface area contributed by atoms with Crippen molar-refractivity contribution in [1.82, 2.24) is 0 Å². The number of allylic oxidation sites excluding steroid dienone is 4. The van der Waals surface area contributed by atoms with E-state index in [-0.39, 0.29) is 42.3 Å². The van der Waals surface area contributed by atoms with E-state index < -0.39 is 28.8 Å². The average Bonchev–Trinajstić information content (AvgIpc) is 2.93. The second-order valence-corrected chi connectivity index (χ2v) is 9.33. The van der Waals surface area contributed by atoms with Crippen molar-refractivity contribution in [2.24, 2.45) is 28.6 Å². The van der Waals surface area contributed by atoms with E-state index in [1.165, 1.54) is 0 Å². The lowest BCUT2D eigenvalue weighted by Gasteiger charge is -2.56. The molecule has 4 rings (SSSR count). The Balaban J connectivity index is 0.000000755. The van der Waals surface area contributed by atoms with Crippen LogP contribution in [0.1, 0.15) is 52.9 Å². The topological polar surface area (TPSA) is 112 Å². The maximum absolute atomic E-state index is 13.3. The lowest BCUT2D eigenvalue weighted by atomic mass is 9.46. The molecule has 29 heavy (non-hydrogen) atoms. The highest BCUT2D eigenvalue weighted by atomic mass is 16.3.